The molecular formula is C10H8ClNO2. The summed E-state index contributed by atoms with van der Waals surface area (Å²) in [5, 5.41) is 0.325. The summed E-state index contributed by atoms with van der Waals surface area (Å²) in [4.78, 5) is 16.1. The minimum atomic E-state index is -0.475. The van der Waals surface area contributed by atoms with Crippen LogP contribution in [0.5, 0.6) is 0 Å². The lowest BCUT2D eigenvalue weighted by molar-refractivity contribution is 0.108. The van der Waals surface area contributed by atoms with Crippen LogP contribution < -0.4 is 4.84 Å². The summed E-state index contributed by atoms with van der Waals surface area (Å²) in [6, 6.07) is 7.43. The van der Waals surface area contributed by atoms with Crippen molar-refractivity contribution in [1.29, 1.82) is 0 Å². The van der Waals surface area contributed by atoms with Crippen molar-refractivity contribution in [2.75, 3.05) is 7.11 Å². The second kappa shape index (κ2) is 3.35. The maximum absolute atomic E-state index is 11.1. The number of benzene rings is 1. The summed E-state index contributed by atoms with van der Waals surface area (Å²) < 4.78 is 1.52. The van der Waals surface area contributed by atoms with E-state index in [1.54, 1.807) is 6.20 Å². The van der Waals surface area contributed by atoms with Crippen LogP contribution >= 0.6 is 11.6 Å². The SMILES string of the molecule is COn1cc(C(=O)Cl)c2ccccc21. The van der Waals surface area contributed by atoms with E-state index in [0.717, 1.165) is 10.9 Å². The Balaban J connectivity index is 2.80. The summed E-state index contributed by atoms with van der Waals surface area (Å²) in [5.41, 5.74) is 1.29. The largest absolute Gasteiger partial charge is 0.417 e. The second-order valence-corrected chi connectivity index (χ2v) is 3.19. The summed E-state index contributed by atoms with van der Waals surface area (Å²) >= 11 is 5.44. The van der Waals surface area contributed by atoms with Crippen LogP contribution in [0, 0.1) is 0 Å². The average Bonchev–Trinajstić information content (AvgIpc) is 2.56. The molecule has 4 heteroatoms. The highest BCUT2D eigenvalue weighted by atomic mass is 35.5. The van der Waals surface area contributed by atoms with Gasteiger partial charge in [-0.25, -0.2) is 0 Å². The minimum Gasteiger partial charge on any atom is -0.417 e. The van der Waals surface area contributed by atoms with E-state index in [2.05, 4.69) is 0 Å². The van der Waals surface area contributed by atoms with Gasteiger partial charge in [0.15, 0.2) is 0 Å². The molecule has 3 nitrogen and oxygen atoms in total. The lowest BCUT2D eigenvalue weighted by Crippen LogP contribution is -2.02. The van der Waals surface area contributed by atoms with Gasteiger partial charge in [0.25, 0.3) is 5.24 Å². The van der Waals surface area contributed by atoms with E-state index in [1.807, 2.05) is 24.3 Å². The van der Waals surface area contributed by atoms with E-state index in [-0.39, 0.29) is 0 Å². The normalized spacial score (nSPS) is 10.4. The van der Waals surface area contributed by atoms with Crippen LogP contribution in [0.25, 0.3) is 10.9 Å². The van der Waals surface area contributed by atoms with E-state index in [9.17, 15) is 4.79 Å². The highest BCUT2D eigenvalue weighted by Crippen LogP contribution is 2.21. The first-order chi connectivity index (χ1) is 6.74. The van der Waals surface area contributed by atoms with Crippen molar-refractivity contribution >= 4 is 27.7 Å². The number of para-hydroxylation sites is 1. The molecule has 2 aromatic rings. The van der Waals surface area contributed by atoms with Gasteiger partial charge in [0, 0.05) is 5.39 Å². The van der Waals surface area contributed by atoms with Crippen molar-refractivity contribution in [3.63, 3.8) is 0 Å². The lowest BCUT2D eigenvalue weighted by atomic mass is 10.2. The molecular weight excluding hydrogens is 202 g/mol. The summed E-state index contributed by atoms with van der Waals surface area (Å²) in [5.74, 6) is 0. The molecule has 1 aromatic heterocycles. The number of hydrogen-bond acceptors (Lipinski definition) is 2. The Morgan fingerprint density at radius 2 is 2.14 bits per heavy atom. The zero-order chi connectivity index (χ0) is 10.1. The fourth-order valence-electron chi connectivity index (χ4n) is 1.46. The number of aromatic nitrogens is 1. The monoisotopic (exact) mass is 209 g/mol. The fourth-order valence-corrected chi connectivity index (χ4v) is 1.61. The van der Waals surface area contributed by atoms with E-state index < -0.39 is 5.24 Å². The zero-order valence-electron chi connectivity index (χ0n) is 7.53. The molecule has 0 aliphatic heterocycles. The number of rotatable bonds is 2. The Morgan fingerprint density at radius 1 is 1.43 bits per heavy atom. The highest BCUT2D eigenvalue weighted by Gasteiger charge is 2.12. The van der Waals surface area contributed by atoms with Crippen molar-refractivity contribution in [2.45, 2.75) is 0 Å². The molecule has 2 rings (SSSR count). The number of halogens is 1. The van der Waals surface area contributed by atoms with Gasteiger partial charge in [-0.05, 0) is 17.7 Å². The van der Waals surface area contributed by atoms with Gasteiger partial charge in [0.1, 0.15) is 7.11 Å². The van der Waals surface area contributed by atoms with E-state index in [1.165, 1.54) is 11.8 Å². The number of fused-ring (bicyclic) bond motifs is 1. The molecule has 0 bridgehead atoms. The van der Waals surface area contributed by atoms with Gasteiger partial charge < -0.3 is 4.84 Å². The number of nitrogens with zero attached hydrogens (tertiary/aromatic N) is 1. The Morgan fingerprint density at radius 3 is 2.79 bits per heavy atom. The van der Waals surface area contributed by atoms with E-state index in [0.29, 0.717) is 5.56 Å². The predicted molar refractivity (Wildman–Crippen MR) is 54.6 cm³/mol. The van der Waals surface area contributed by atoms with Crippen LogP contribution in [0.4, 0.5) is 0 Å². The van der Waals surface area contributed by atoms with Crippen LogP contribution in [0.1, 0.15) is 10.4 Å². The van der Waals surface area contributed by atoms with Crippen LogP contribution in [0.3, 0.4) is 0 Å². The van der Waals surface area contributed by atoms with Crippen LogP contribution in [0.15, 0.2) is 30.5 Å². The van der Waals surface area contributed by atoms with Crippen molar-refractivity contribution in [2.24, 2.45) is 0 Å². The van der Waals surface area contributed by atoms with Crippen molar-refractivity contribution in [3.05, 3.63) is 36.0 Å². The molecule has 0 aliphatic carbocycles. The van der Waals surface area contributed by atoms with Gasteiger partial charge in [0.2, 0.25) is 0 Å². The first kappa shape index (κ1) is 9.09. The van der Waals surface area contributed by atoms with E-state index >= 15 is 0 Å². The third kappa shape index (κ3) is 1.26. The van der Waals surface area contributed by atoms with Gasteiger partial charge in [-0.15, -0.1) is 0 Å². The molecule has 0 atom stereocenters. The molecule has 0 saturated heterocycles. The minimum absolute atomic E-state index is 0.462. The second-order valence-electron chi connectivity index (χ2n) is 2.84. The van der Waals surface area contributed by atoms with Gasteiger partial charge in [-0.2, -0.15) is 4.73 Å². The van der Waals surface area contributed by atoms with Crippen molar-refractivity contribution < 1.29 is 9.63 Å². The van der Waals surface area contributed by atoms with Crippen molar-refractivity contribution in [1.82, 2.24) is 4.73 Å². The molecule has 0 N–H and O–H groups in total. The number of carbonyl (C=O) groups is 1. The molecule has 0 unspecified atom stereocenters. The molecule has 1 heterocycles. The summed E-state index contributed by atoms with van der Waals surface area (Å²) in [6.07, 6.45) is 1.58. The van der Waals surface area contributed by atoms with Crippen LogP contribution in [-0.2, 0) is 0 Å². The summed E-state index contributed by atoms with van der Waals surface area (Å²) in [7, 11) is 1.54. The topological polar surface area (TPSA) is 31.2 Å². The number of carbonyl (C=O) groups excluding carboxylic acids is 1. The standard InChI is InChI=1S/C10H8ClNO2/c1-14-12-6-8(10(11)13)7-4-2-3-5-9(7)12/h2-6H,1H3. The first-order valence-electron chi connectivity index (χ1n) is 4.08. The smallest absolute Gasteiger partial charge is 0.254 e. The molecule has 0 spiro atoms. The van der Waals surface area contributed by atoms with Crippen molar-refractivity contribution in [3.8, 4) is 0 Å². The fraction of sp³-hybridized carbons (Fsp3) is 0.100. The maximum Gasteiger partial charge on any atom is 0.254 e. The first-order valence-corrected chi connectivity index (χ1v) is 4.46. The molecule has 0 saturated carbocycles. The third-order valence-corrected chi connectivity index (χ3v) is 2.29. The highest BCUT2D eigenvalue weighted by molar-refractivity contribution is 6.68. The summed E-state index contributed by atoms with van der Waals surface area (Å²) in [6.45, 7) is 0. The Labute approximate surface area is 85.8 Å². The molecule has 0 amide bonds. The molecule has 72 valence electrons. The van der Waals surface area contributed by atoms with Crippen LogP contribution in [0.2, 0.25) is 0 Å². The molecule has 0 radical (unpaired) electrons. The maximum atomic E-state index is 11.1. The van der Waals surface area contributed by atoms with Gasteiger partial charge >= 0.3 is 0 Å². The predicted octanol–water partition coefficient (Wildman–Crippen LogP) is 2.08. The molecule has 0 fully saturated rings. The van der Waals surface area contributed by atoms with Gasteiger partial charge in [-0.3, -0.25) is 4.79 Å². The van der Waals surface area contributed by atoms with Crippen LogP contribution in [-0.4, -0.2) is 17.1 Å². The molecule has 1 aromatic carbocycles. The van der Waals surface area contributed by atoms with Gasteiger partial charge in [0.05, 0.1) is 17.3 Å². The Hall–Kier alpha value is -1.48. The molecule has 0 aliphatic rings. The molecule has 14 heavy (non-hydrogen) atoms. The quantitative estimate of drug-likeness (QED) is 0.710. The zero-order valence-corrected chi connectivity index (χ0v) is 8.28. The Kier molecular flexibility index (Phi) is 2.17. The van der Waals surface area contributed by atoms with Gasteiger partial charge in [-0.1, -0.05) is 18.2 Å². The Bertz CT molecular complexity index is 490. The average molecular weight is 210 g/mol. The number of hydrogen-bond donors (Lipinski definition) is 0. The van der Waals surface area contributed by atoms with E-state index in [4.69, 9.17) is 16.4 Å². The third-order valence-electron chi connectivity index (χ3n) is 2.09. The lowest BCUT2D eigenvalue weighted by Gasteiger charge is -1.99.